The van der Waals surface area contributed by atoms with Crippen molar-refractivity contribution in [1.82, 2.24) is 19.7 Å². The van der Waals surface area contributed by atoms with Crippen LogP contribution in [0.15, 0.2) is 54.3 Å². The molecule has 3 aromatic rings. The van der Waals surface area contributed by atoms with Crippen LogP contribution in [-0.2, 0) is 17.9 Å². The van der Waals surface area contributed by atoms with Gasteiger partial charge in [0.15, 0.2) is 11.0 Å². The van der Waals surface area contributed by atoms with Gasteiger partial charge in [0.1, 0.15) is 17.9 Å². The lowest BCUT2D eigenvalue weighted by Crippen LogP contribution is -2.08. The molecule has 0 saturated carbocycles. The van der Waals surface area contributed by atoms with E-state index in [0.29, 0.717) is 29.0 Å². The van der Waals surface area contributed by atoms with E-state index in [9.17, 15) is 4.79 Å². The Balaban J connectivity index is 1.75. The average Bonchev–Trinajstić information content (AvgIpc) is 3.02. The van der Waals surface area contributed by atoms with Gasteiger partial charge in [0.2, 0.25) is 0 Å². The summed E-state index contributed by atoms with van der Waals surface area (Å²) in [4.78, 5) is 15.0. The molecule has 7 nitrogen and oxygen atoms in total. The van der Waals surface area contributed by atoms with Crippen LogP contribution in [0.25, 0.3) is 10.9 Å². The molecule has 0 aliphatic heterocycles. The highest BCUT2D eigenvalue weighted by atomic mass is 32.2. The first-order chi connectivity index (χ1) is 12.7. The third-order valence-electron chi connectivity index (χ3n) is 3.60. The molecule has 3 rings (SSSR count). The van der Waals surface area contributed by atoms with Gasteiger partial charge in [-0.3, -0.25) is 14.3 Å². The molecule has 26 heavy (non-hydrogen) atoms. The SMILES string of the molecule is C=CCn1c(COc2cccc3cccnc23)nnc1SCCC(=O)O. The number of hydrogen-bond donors (Lipinski definition) is 1. The van der Waals surface area contributed by atoms with Crippen molar-refractivity contribution >= 4 is 28.6 Å². The lowest BCUT2D eigenvalue weighted by Gasteiger charge is -2.10. The van der Waals surface area contributed by atoms with Crippen LogP contribution in [0.1, 0.15) is 12.2 Å². The molecule has 0 saturated heterocycles. The number of aromatic nitrogens is 4. The van der Waals surface area contributed by atoms with E-state index in [-0.39, 0.29) is 13.0 Å². The van der Waals surface area contributed by atoms with Crippen molar-refractivity contribution < 1.29 is 14.6 Å². The van der Waals surface area contributed by atoms with Gasteiger partial charge in [-0.1, -0.05) is 36.0 Å². The number of para-hydroxylation sites is 1. The molecule has 0 amide bonds. The van der Waals surface area contributed by atoms with Crippen molar-refractivity contribution in [3.63, 3.8) is 0 Å². The maximum Gasteiger partial charge on any atom is 0.304 e. The van der Waals surface area contributed by atoms with E-state index in [1.165, 1.54) is 11.8 Å². The summed E-state index contributed by atoms with van der Waals surface area (Å²) in [6.07, 6.45) is 3.54. The lowest BCUT2D eigenvalue weighted by molar-refractivity contribution is -0.136. The lowest BCUT2D eigenvalue weighted by atomic mass is 10.2. The van der Waals surface area contributed by atoms with Gasteiger partial charge in [-0.05, 0) is 12.1 Å². The second-order valence-electron chi connectivity index (χ2n) is 5.41. The molecule has 1 aromatic carbocycles. The predicted molar refractivity (Wildman–Crippen MR) is 99.3 cm³/mol. The number of benzene rings is 1. The minimum Gasteiger partial charge on any atom is -0.483 e. The first-order valence-corrected chi connectivity index (χ1v) is 9.01. The first-order valence-electron chi connectivity index (χ1n) is 8.03. The third-order valence-corrected chi connectivity index (χ3v) is 4.57. The Morgan fingerprint density at radius 1 is 1.31 bits per heavy atom. The van der Waals surface area contributed by atoms with Crippen molar-refractivity contribution in [2.24, 2.45) is 0 Å². The number of rotatable bonds is 9. The van der Waals surface area contributed by atoms with Gasteiger partial charge in [-0.25, -0.2) is 0 Å². The van der Waals surface area contributed by atoms with Gasteiger partial charge >= 0.3 is 5.97 Å². The number of carboxylic acids is 1. The fourth-order valence-electron chi connectivity index (χ4n) is 2.41. The van der Waals surface area contributed by atoms with Crippen LogP contribution < -0.4 is 4.74 Å². The number of fused-ring (bicyclic) bond motifs is 1. The van der Waals surface area contributed by atoms with Crippen molar-refractivity contribution in [2.75, 3.05) is 5.75 Å². The van der Waals surface area contributed by atoms with Crippen LogP contribution in [0.5, 0.6) is 5.75 Å². The molecule has 0 fully saturated rings. The molecular formula is C18H18N4O3S. The van der Waals surface area contributed by atoms with Crippen LogP contribution in [0, 0.1) is 0 Å². The summed E-state index contributed by atoms with van der Waals surface area (Å²) in [7, 11) is 0. The van der Waals surface area contributed by atoms with Gasteiger partial charge in [-0.15, -0.1) is 16.8 Å². The molecule has 2 aromatic heterocycles. The van der Waals surface area contributed by atoms with Crippen molar-refractivity contribution in [3.8, 4) is 5.75 Å². The summed E-state index contributed by atoms with van der Waals surface area (Å²) in [5.74, 6) is 0.921. The number of ether oxygens (including phenoxy) is 1. The van der Waals surface area contributed by atoms with Gasteiger partial charge in [0.05, 0.1) is 6.42 Å². The van der Waals surface area contributed by atoms with E-state index in [1.807, 2.05) is 34.9 Å². The van der Waals surface area contributed by atoms with Crippen LogP contribution in [-0.4, -0.2) is 36.6 Å². The number of carbonyl (C=O) groups is 1. The Kier molecular flexibility index (Phi) is 5.85. The van der Waals surface area contributed by atoms with E-state index >= 15 is 0 Å². The van der Waals surface area contributed by atoms with E-state index in [0.717, 1.165) is 10.9 Å². The highest BCUT2D eigenvalue weighted by Gasteiger charge is 2.13. The fourth-order valence-corrected chi connectivity index (χ4v) is 3.30. The summed E-state index contributed by atoms with van der Waals surface area (Å²) in [5, 5.41) is 18.7. The fraction of sp³-hybridized carbons (Fsp3) is 0.222. The highest BCUT2D eigenvalue weighted by Crippen LogP contribution is 2.24. The maximum absolute atomic E-state index is 10.7. The van der Waals surface area contributed by atoms with Crippen LogP contribution in [0.2, 0.25) is 0 Å². The summed E-state index contributed by atoms with van der Waals surface area (Å²) >= 11 is 1.35. The number of nitrogens with zero attached hydrogens (tertiary/aromatic N) is 4. The second kappa shape index (κ2) is 8.48. The van der Waals surface area contributed by atoms with Crippen LogP contribution >= 0.6 is 11.8 Å². The molecule has 0 atom stereocenters. The van der Waals surface area contributed by atoms with Gasteiger partial charge in [-0.2, -0.15) is 0 Å². The predicted octanol–water partition coefficient (Wildman–Crippen LogP) is 3.16. The van der Waals surface area contributed by atoms with Crippen LogP contribution in [0.3, 0.4) is 0 Å². The summed E-state index contributed by atoms with van der Waals surface area (Å²) < 4.78 is 7.80. The molecular weight excluding hydrogens is 352 g/mol. The highest BCUT2D eigenvalue weighted by molar-refractivity contribution is 7.99. The zero-order valence-electron chi connectivity index (χ0n) is 14.0. The number of pyridine rings is 1. The quantitative estimate of drug-likeness (QED) is 0.457. The van der Waals surface area contributed by atoms with Gasteiger partial charge < -0.3 is 9.84 Å². The normalized spacial score (nSPS) is 10.8. The largest absolute Gasteiger partial charge is 0.483 e. The molecule has 134 valence electrons. The van der Waals surface area contributed by atoms with E-state index < -0.39 is 5.97 Å². The third kappa shape index (κ3) is 4.20. The Labute approximate surface area is 154 Å². The molecule has 0 unspecified atom stereocenters. The van der Waals surface area contributed by atoms with E-state index in [4.69, 9.17) is 9.84 Å². The minimum atomic E-state index is -0.834. The van der Waals surface area contributed by atoms with Crippen molar-refractivity contribution in [3.05, 3.63) is 55.0 Å². The smallest absolute Gasteiger partial charge is 0.304 e. The monoisotopic (exact) mass is 370 g/mol. The zero-order valence-corrected chi connectivity index (χ0v) is 14.9. The molecule has 0 spiro atoms. The topological polar surface area (TPSA) is 90.1 Å². The summed E-state index contributed by atoms with van der Waals surface area (Å²) in [6.45, 7) is 4.51. The first kappa shape index (κ1) is 17.9. The number of allylic oxidation sites excluding steroid dienone is 1. The Morgan fingerprint density at radius 3 is 2.96 bits per heavy atom. The van der Waals surface area contributed by atoms with Crippen LogP contribution in [0.4, 0.5) is 0 Å². The summed E-state index contributed by atoms with van der Waals surface area (Å²) in [6, 6.07) is 9.62. The van der Waals surface area contributed by atoms with Gasteiger partial charge in [0, 0.05) is 23.9 Å². The van der Waals surface area contributed by atoms with E-state index in [2.05, 4.69) is 21.8 Å². The van der Waals surface area contributed by atoms with Gasteiger partial charge in [0.25, 0.3) is 0 Å². The summed E-state index contributed by atoms with van der Waals surface area (Å²) in [5.41, 5.74) is 0.792. The standard InChI is InChI=1S/C18H18N4O3S/c1-2-10-22-15(20-21-18(22)26-11-8-16(23)24)12-25-14-7-3-5-13-6-4-9-19-17(13)14/h2-7,9H,1,8,10-12H2,(H,23,24). The average molecular weight is 370 g/mol. The molecule has 2 heterocycles. The second-order valence-corrected chi connectivity index (χ2v) is 6.47. The number of hydrogen-bond acceptors (Lipinski definition) is 6. The number of carboxylic acid groups (broad SMARTS) is 1. The van der Waals surface area contributed by atoms with Crippen molar-refractivity contribution in [2.45, 2.75) is 24.7 Å². The zero-order chi connectivity index (χ0) is 18.4. The Morgan fingerprint density at radius 2 is 2.15 bits per heavy atom. The maximum atomic E-state index is 10.7. The Bertz CT molecular complexity index is 920. The van der Waals surface area contributed by atoms with E-state index in [1.54, 1.807) is 12.3 Å². The Hall–Kier alpha value is -2.87. The molecule has 1 N–H and O–H groups in total. The number of aliphatic carboxylic acids is 1. The number of thioether (sulfide) groups is 1. The molecule has 0 radical (unpaired) electrons. The minimum absolute atomic E-state index is 0.0686. The van der Waals surface area contributed by atoms with Crippen molar-refractivity contribution in [1.29, 1.82) is 0 Å². The molecule has 0 bridgehead atoms. The molecule has 8 heteroatoms. The molecule has 0 aliphatic carbocycles. The molecule has 0 aliphatic rings.